The van der Waals surface area contributed by atoms with Crippen LogP contribution in [0.15, 0.2) is 24.3 Å². The maximum atomic E-state index is 5.58. The lowest BCUT2D eigenvalue weighted by atomic mass is 10.2. The minimum absolute atomic E-state index is 0.742. The molecule has 84 valence electrons. The molecule has 1 aromatic rings. The van der Waals surface area contributed by atoms with Crippen molar-refractivity contribution in [2.24, 2.45) is 5.92 Å². The van der Waals surface area contributed by atoms with Crippen molar-refractivity contribution in [1.82, 2.24) is 0 Å². The Morgan fingerprint density at radius 1 is 1.27 bits per heavy atom. The summed E-state index contributed by atoms with van der Waals surface area (Å²) in [5.41, 5.74) is 1.31. The molecular formula is C13H20OS. The molecule has 0 aliphatic rings. The molecule has 0 radical (unpaired) electrons. The highest BCUT2D eigenvalue weighted by atomic mass is 32.2. The Labute approximate surface area is 97.2 Å². The SMILES string of the molecule is CCOc1ccccc1CSCC(C)C. The predicted octanol–water partition coefficient (Wildman–Crippen LogP) is 3.97. The highest BCUT2D eigenvalue weighted by molar-refractivity contribution is 7.98. The summed E-state index contributed by atoms with van der Waals surface area (Å²) in [5.74, 6) is 4.06. The van der Waals surface area contributed by atoms with Crippen LogP contribution in [0.2, 0.25) is 0 Å². The van der Waals surface area contributed by atoms with Gasteiger partial charge in [-0.05, 0) is 24.7 Å². The van der Waals surface area contributed by atoms with Gasteiger partial charge in [0.2, 0.25) is 0 Å². The maximum Gasteiger partial charge on any atom is 0.123 e. The summed E-state index contributed by atoms with van der Waals surface area (Å²) in [6.45, 7) is 7.27. The molecule has 2 heteroatoms. The molecule has 0 aromatic heterocycles. The third-order valence-electron chi connectivity index (χ3n) is 1.98. The molecule has 0 amide bonds. The molecule has 0 bridgehead atoms. The lowest BCUT2D eigenvalue weighted by Crippen LogP contribution is -1.97. The lowest BCUT2D eigenvalue weighted by molar-refractivity contribution is 0.337. The Kier molecular flexibility index (Phi) is 5.62. The molecular weight excluding hydrogens is 204 g/mol. The van der Waals surface area contributed by atoms with Crippen molar-refractivity contribution < 1.29 is 4.74 Å². The molecule has 0 aliphatic heterocycles. The van der Waals surface area contributed by atoms with Gasteiger partial charge in [-0.15, -0.1) is 0 Å². The summed E-state index contributed by atoms with van der Waals surface area (Å²) in [5, 5.41) is 0. The van der Waals surface area contributed by atoms with Gasteiger partial charge in [-0.2, -0.15) is 11.8 Å². The van der Waals surface area contributed by atoms with Crippen LogP contribution in [0, 0.1) is 5.92 Å². The largest absolute Gasteiger partial charge is 0.494 e. The Morgan fingerprint density at radius 3 is 2.67 bits per heavy atom. The van der Waals surface area contributed by atoms with E-state index in [1.54, 1.807) is 0 Å². The van der Waals surface area contributed by atoms with Gasteiger partial charge in [0, 0.05) is 11.3 Å². The number of benzene rings is 1. The quantitative estimate of drug-likeness (QED) is 0.723. The van der Waals surface area contributed by atoms with Crippen molar-refractivity contribution in [2.75, 3.05) is 12.4 Å². The zero-order chi connectivity index (χ0) is 11.1. The van der Waals surface area contributed by atoms with Crippen LogP contribution in [0.5, 0.6) is 5.75 Å². The number of ether oxygens (including phenoxy) is 1. The molecule has 1 rings (SSSR count). The standard InChI is InChI=1S/C13H20OS/c1-4-14-13-8-6-5-7-12(13)10-15-9-11(2)3/h5-8,11H,4,9-10H2,1-3H3. The number of hydrogen-bond donors (Lipinski definition) is 0. The normalized spacial score (nSPS) is 10.7. The molecule has 1 aromatic carbocycles. The second-order valence-electron chi connectivity index (χ2n) is 3.95. The van der Waals surface area contributed by atoms with Crippen molar-refractivity contribution >= 4 is 11.8 Å². The minimum Gasteiger partial charge on any atom is -0.494 e. The van der Waals surface area contributed by atoms with Crippen LogP contribution < -0.4 is 4.74 Å². The van der Waals surface area contributed by atoms with E-state index in [-0.39, 0.29) is 0 Å². The van der Waals surface area contributed by atoms with Gasteiger partial charge in [-0.25, -0.2) is 0 Å². The summed E-state index contributed by atoms with van der Waals surface area (Å²) < 4.78 is 5.58. The highest BCUT2D eigenvalue weighted by Gasteiger charge is 2.02. The molecule has 15 heavy (non-hydrogen) atoms. The van der Waals surface area contributed by atoms with E-state index in [9.17, 15) is 0 Å². The summed E-state index contributed by atoms with van der Waals surface area (Å²) in [7, 11) is 0. The molecule has 0 fully saturated rings. The average molecular weight is 224 g/mol. The molecule has 0 spiro atoms. The van der Waals surface area contributed by atoms with Gasteiger partial charge in [0.25, 0.3) is 0 Å². The molecule has 1 nitrogen and oxygen atoms in total. The van der Waals surface area contributed by atoms with Crippen LogP contribution in [-0.2, 0) is 5.75 Å². The van der Waals surface area contributed by atoms with Gasteiger partial charge in [0.15, 0.2) is 0 Å². The number of rotatable bonds is 6. The third-order valence-corrected chi connectivity index (χ3v) is 3.40. The van der Waals surface area contributed by atoms with Crippen molar-refractivity contribution in [2.45, 2.75) is 26.5 Å². The van der Waals surface area contributed by atoms with Crippen molar-refractivity contribution in [3.8, 4) is 5.75 Å². The first-order valence-corrected chi connectivity index (χ1v) is 6.68. The summed E-state index contributed by atoms with van der Waals surface area (Å²) in [6.07, 6.45) is 0. The monoisotopic (exact) mass is 224 g/mol. The molecule has 0 atom stereocenters. The van der Waals surface area contributed by atoms with E-state index in [1.165, 1.54) is 11.3 Å². The molecule has 0 unspecified atom stereocenters. The van der Waals surface area contributed by atoms with E-state index in [0.717, 1.165) is 24.0 Å². The van der Waals surface area contributed by atoms with Gasteiger partial charge in [0.05, 0.1) is 6.61 Å². The van der Waals surface area contributed by atoms with E-state index in [2.05, 4.69) is 32.0 Å². The van der Waals surface area contributed by atoms with Gasteiger partial charge in [-0.1, -0.05) is 32.0 Å². The number of thioether (sulfide) groups is 1. The smallest absolute Gasteiger partial charge is 0.123 e. The summed E-state index contributed by atoms with van der Waals surface area (Å²) in [6, 6.07) is 8.31. The fourth-order valence-electron chi connectivity index (χ4n) is 1.32. The van der Waals surface area contributed by atoms with E-state index < -0.39 is 0 Å². The molecule has 0 aliphatic carbocycles. The molecule has 0 saturated carbocycles. The summed E-state index contributed by atoms with van der Waals surface area (Å²) >= 11 is 1.97. The first kappa shape index (κ1) is 12.4. The van der Waals surface area contributed by atoms with Crippen LogP contribution >= 0.6 is 11.8 Å². The first-order valence-electron chi connectivity index (χ1n) is 5.52. The Balaban J connectivity index is 2.51. The second kappa shape index (κ2) is 6.78. The summed E-state index contributed by atoms with van der Waals surface area (Å²) in [4.78, 5) is 0. The second-order valence-corrected chi connectivity index (χ2v) is 4.98. The van der Waals surface area contributed by atoms with Crippen LogP contribution in [0.3, 0.4) is 0 Å². The van der Waals surface area contributed by atoms with Crippen LogP contribution in [0.4, 0.5) is 0 Å². The first-order chi connectivity index (χ1) is 7.24. The van der Waals surface area contributed by atoms with Gasteiger partial charge in [0.1, 0.15) is 5.75 Å². The van der Waals surface area contributed by atoms with Crippen LogP contribution in [-0.4, -0.2) is 12.4 Å². The third kappa shape index (κ3) is 4.61. The maximum absolute atomic E-state index is 5.58. The zero-order valence-corrected chi connectivity index (χ0v) is 10.6. The average Bonchev–Trinajstić information content (AvgIpc) is 2.20. The van der Waals surface area contributed by atoms with E-state index >= 15 is 0 Å². The van der Waals surface area contributed by atoms with Crippen molar-refractivity contribution in [3.63, 3.8) is 0 Å². The highest BCUT2D eigenvalue weighted by Crippen LogP contribution is 2.24. The van der Waals surface area contributed by atoms with E-state index in [4.69, 9.17) is 4.74 Å². The van der Waals surface area contributed by atoms with E-state index in [1.807, 2.05) is 24.8 Å². The van der Waals surface area contributed by atoms with Gasteiger partial charge < -0.3 is 4.74 Å². The Morgan fingerprint density at radius 2 is 2.00 bits per heavy atom. The van der Waals surface area contributed by atoms with Gasteiger partial charge in [-0.3, -0.25) is 0 Å². The topological polar surface area (TPSA) is 9.23 Å². The number of para-hydroxylation sites is 1. The van der Waals surface area contributed by atoms with Crippen LogP contribution in [0.1, 0.15) is 26.3 Å². The van der Waals surface area contributed by atoms with E-state index in [0.29, 0.717) is 0 Å². The van der Waals surface area contributed by atoms with Gasteiger partial charge >= 0.3 is 0 Å². The molecule has 0 saturated heterocycles. The zero-order valence-electron chi connectivity index (χ0n) is 9.82. The molecule has 0 heterocycles. The Bertz CT molecular complexity index is 284. The molecule has 0 N–H and O–H groups in total. The fraction of sp³-hybridized carbons (Fsp3) is 0.538. The minimum atomic E-state index is 0.742. The predicted molar refractivity (Wildman–Crippen MR) is 68.6 cm³/mol. The van der Waals surface area contributed by atoms with Crippen LogP contribution in [0.25, 0.3) is 0 Å². The lowest BCUT2D eigenvalue weighted by Gasteiger charge is -2.10. The Hall–Kier alpha value is -0.630. The van der Waals surface area contributed by atoms with Crippen molar-refractivity contribution in [1.29, 1.82) is 0 Å². The van der Waals surface area contributed by atoms with Crippen molar-refractivity contribution in [3.05, 3.63) is 29.8 Å². The number of hydrogen-bond acceptors (Lipinski definition) is 2. The fourth-order valence-corrected chi connectivity index (χ4v) is 2.37.